The minimum Gasteiger partial charge on any atom is -0.467 e. The van der Waals surface area contributed by atoms with Crippen molar-refractivity contribution in [2.24, 2.45) is 5.41 Å². The van der Waals surface area contributed by atoms with E-state index in [2.05, 4.69) is 21.8 Å². The van der Waals surface area contributed by atoms with E-state index in [1.807, 2.05) is 29.2 Å². The van der Waals surface area contributed by atoms with E-state index in [0.717, 1.165) is 36.6 Å². The van der Waals surface area contributed by atoms with Crippen molar-refractivity contribution in [1.82, 2.24) is 19.8 Å². The van der Waals surface area contributed by atoms with E-state index in [0.29, 0.717) is 12.4 Å². The summed E-state index contributed by atoms with van der Waals surface area (Å²) in [5, 5.41) is 0.800. The fourth-order valence-corrected chi connectivity index (χ4v) is 6.05. The Morgan fingerprint density at radius 2 is 2.00 bits per heavy atom. The Balaban J connectivity index is 1.37. The Morgan fingerprint density at radius 3 is 2.83 bits per heavy atom. The van der Waals surface area contributed by atoms with Gasteiger partial charge in [0.2, 0.25) is 11.8 Å². The number of fused-ring (bicyclic) bond motifs is 2. The summed E-state index contributed by atoms with van der Waals surface area (Å²) in [6.45, 7) is 4.47. The van der Waals surface area contributed by atoms with Crippen LogP contribution in [0.25, 0.3) is 10.9 Å². The van der Waals surface area contributed by atoms with Crippen LogP contribution in [0.1, 0.15) is 39.5 Å². The molecule has 0 N–H and O–H groups in total. The molecule has 2 bridgehead atoms. The zero-order chi connectivity index (χ0) is 20.2. The first-order chi connectivity index (χ1) is 14.0. The zero-order valence-electron chi connectivity index (χ0n) is 16.9. The Hall–Kier alpha value is -2.70. The number of likely N-dealkylation sites (tertiary alicyclic amines) is 2. The molecule has 7 nitrogen and oxygen atoms in total. The lowest BCUT2D eigenvalue weighted by Gasteiger charge is -2.49. The Morgan fingerprint density at radius 1 is 1.21 bits per heavy atom. The van der Waals surface area contributed by atoms with Crippen LogP contribution in [0.3, 0.4) is 0 Å². The smallest absolute Gasteiger partial charge is 0.260 e. The third-order valence-electron chi connectivity index (χ3n) is 7.19. The van der Waals surface area contributed by atoms with Crippen molar-refractivity contribution in [3.05, 3.63) is 30.6 Å². The fraction of sp³-hybridized carbons (Fsp3) is 0.545. The zero-order valence-corrected chi connectivity index (χ0v) is 16.9. The maximum Gasteiger partial charge on any atom is 0.260 e. The van der Waals surface area contributed by atoms with Gasteiger partial charge >= 0.3 is 0 Å². The number of carbonyl (C=O) groups is 2. The summed E-state index contributed by atoms with van der Waals surface area (Å²) < 4.78 is 5.85. The maximum atomic E-state index is 13.2. The van der Waals surface area contributed by atoms with Crippen molar-refractivity contribution in [2.45, 2.75) is 57.7 Å². The number of para-hydroxylation sites is 1. The molecule has 1 aromatic heterocycles. The number of nitrogens with zero attached hydrogens (tertiary/aromatic N) is 4. The number of ether oxygens (including phenoxy) is 1. The van der Waals surface area contributed by atoms with Crippen molar-refractivity contribution in [3.8, 4) is 5.88 Å². The van der Waals surface area contributed by atoms with Gasteiger partial charge in [0.25, 0.3) is 5.91 Å². The lowest BCUT2D eigenvalue weighted by Crippen LogP contribution is -2.58. The summed E-state index contributed by atoms with van der Waals surface area (Å²) in [5.74, 6) is 0.532. The van der Waals surface area contributed by atoms with Gasteiger partial charge in [-0.3, -0.25) is 9.59 Å². The quantitative estimate of drug-likeness (QED) is 0.799. The highest BCUT2D eigenvalue weighted by Gasteiger charge is 2.61. The third-order valence-corrected chi connectivity index (χ3v) is 7.19. The Bertz CT molecular complexity index is 974. The molecule has 3 fully saturated rings. The summed E-state index contributed by atoms with van der Waals surface area (Å²) >= 11 is 0. The number of piperidine rings is 1. The highest BCUT2D eigenvalue weighted by atomic mass is 16.5. The molecule has 152 valence electrons. The maximum absolute atomic E-state index is 13.2. The summed E-state index contributed by atoms with van der Waals surface area (Å²) in [5.41, 5.74) is 0.769. The van der Waals surface area contributed by atoms with Crippen molar-refractivity contribution >= 4 is 22.7 Å². The van der Waals surface area contributed by atoms with E-state index in [4.69, 9.17) is 4.74 Å². The highest BCUT2D eigenvalue weighted by Crippen LogP contribution is 2.54. The van der Waals surface area contributed by atoms with Crippen LogP contribution >= 0.6 is 0 Å². The third kappa shape index (κ3) is 2.78. The molecule has 1 aromatic carbocycles. The van der Waals surface area contributed by atoms with E-state index >= 15 is 0 Å². The second-order valence-corrected chi connectivity index (χ2v) is 8.78. The molecule has 3 heterocycles. The largest absolute Gasteiger partial charge is 0.467 e. The Kier molecular flexibility index (Phi) is 4.22. The summed E-state index contributed by atoms with van der Waals surface area (Å²) in [4.78, 5) is 38.0. The predicted octanol–water partition coefficient (Wildman–Crippen LogP) is 2.40. The standard InChI is InChI=1S/C22H26N4O3/c1-14(27)26-15-10-22(2)18(8-5-9-19(22)26)25(11-15)20(28)12-29-21-16-6-3-4-7-17(16)23-13-24-21/h3-4,6-7,13,15,18-19H,5,8-12H2,1-2H3/t15-,18+,19-,22+/m0/s1. The number of benzene rings is 1. The van der Waals surface area contributed by atoms with Crippen LogP contribution in [0.5, 0.6) is 5.88 Å². The lowest BCUT2D eigenvalue weighted by atomic mass is 9.66. The van der Waals surface area contributed by atoms with Gasteiger partial charge in [0.05, 0.1) is 16.9 Å². The summed E-state index contributed by atoms with van der Waals surface area (Å²) in [6, 6.07) is 8.13. The van der Waals surface area contributed by atoms with E-state index in [-0.39, 0.29) is 42.0 Å². The molecular formula is C22H26N4O3. The number of hydrogen-bond acceptors (Lipinski definition) is 5. The molecule has 0 spiro atoms. The molecule has 3 aliphatic rings. The van der Waals surface area contributed by atoms with Gasteiger partial charge in [-0.25, -0.2) is 9.97 Å². The fourth-order valence-electron chi connectivity index (χ4n) is 6.05. The summed E-state index contributed by atoms with van der Waals surface area (Å²) in [7, 11) is 0. The van der Waals surface area contributed by atoms with Gasteiger partial charge in [-0.2, -0.15) is 0 Å². The van der Waals surface area contributed by atoms with E-state index in [9.17, 15) is 9.59 Å². The van der Waals surface area contributed by atoms with E-state index in [1.54, 1.807) is 6.92 Å². The molecule has 0 unspecified atom stereocenters. The topological polar surface area (TPSA) is 75.6 Å². The van der Waals surface area contributed by atoms with Gasteiger partial charge in [0.1, 0.15) is 6.33 Å². The first-order valence-corrected chi connectivity index (χ1v) is 10.4. The number of carbonyl (C=O) groups excluding carboxylic acids is 2. The minimum atomic E-state index is -0.0505. The number of hydrogen-bond donors (Lipinski definition) is 0. The Labute approximate surface area is 170 Å². The van der Waals surface area contributed by atoms with Crippen LogP contribution < -0.4 is 4.74 Å². The normalized spacial score (nSPS) is 30.5. The first-order valence-electron chi connectivity index (χ1n) is 10.4. The van der Waals surface area contributed by atoms with Crippen LogP contribution in [-0.2, 0) is 9.59 Å². The summed E-state index contributed by atoms with van der Waals surface area (Å²) in [6.07, 6.45) is 5.52. The molecule has 4 atom stereocenters. The molecule has 2 saturated heterocycles. The molecular weight excluding hydrogens is 368 g/mol. The molecule has 2 amide bonds. The van der Waals surface area contributed by atoms with Gasteiger partial charge in [-0.15, -0.1) is 0 Å². The SMILES string of the molecule is CC(=O)N1[C@@H]2CN(C(=O)COc3ncnc4ccccc34)[C@@H]3CCC[C@H]1[C@]3(C)C2. The van der Waals surface area contributed by atoms with E-state index in [1.165, 1.54) is 6.33 Å². The van der Waals surface area contributed by atoms with Crippen LogP contribution in [0.4, 0.5) is 0 Å². The molecule has 2 aromatic rings. The number of amides is 2. The van der Waals surface area contributed by atoms with Crippen molar-refractivity contribution in [1.29, 1.82) is 0 Å². The molecule has 1 aliphatic carbocycles. The van der Waals surface area contributed by atoms with Gasteiger partial charge in [-0.05, 0) is 37.8 Å². The average Bonchev–Trinajstić information content (AvgIpc) is 3.01. The predicted molar refractivity (Wildman–Crippen MR) is 107 cm³/mol. The van der Waals surface area contributed by atoms with E-state index < -0.39 is 0 Å². The molecule has 7 heteroatoms. The average molecular weight is 394 g/mol. The van der Waals surface area contributed by atoms with Crippen molar-refractivity contribution in [2.75, 3.05) is 13.2 Å². The molecule has 2 aliphatic heterocycles. The molecule has 0 radical (unpaired) electrons. The molecule has 5 rings (SSSR count). The van der Waals surface area contributed by atoms with Gasteiger partial charge in [0.15, 0.2) is 6.61 Å². The van der Waals surface area contributed by atoms with Gasteiger partial charge < -0.3 is 14.5 Å². The van der Waals surface area contributed by atoms with Crippen LogP contribution in [0.2, 0.25) is 0 Å². The number of rotatable bonds is 3. The van der Waals surface area contributed by atoms with Crippen LogP contribution in [-0.4, -0.2) is 62.9 Å². The van der Waals surface area contributed by atoms with Crippen LogP contribution in [0, 0.1) is 5.41 Å². The highest BCUT2D eigenvalue weighted by molar-refractivity contribution is 5.84. The van der Waals surface area contributed by atoms with Crippen LogP contribution in [0.15, 0.2) is 30.6 Å². The van der Waals surface area contributed by atoms with Crippen molar-refractivity contribution < 1.29 is 14.3 Å². The number of aromatic nitrogens is 2. The monoisotopic (exact) mass is 394 g/mol. The minimum absolute atomic E-state index is 0.0237. The molecule has 1 saturated carbocycles. The first kappa shape index (κ1) is 18.3. The second kappa shape index (κ2) is 6.68. The van der Waals surface area contributed by atoms with Gasteiger partial charge in [-0.1, -0.05) is 19.1 Å². The lowest BCUT2D eigenvalue weighted by molar-refractivity contribution is -0.142. The van der Waals surface area contributed by atoms with Gasteiger partial charge in [0, 0.05) is 31.0 Å². The van der Waals surface area contributed by atoms with Crippen molar-refractivity contribution in [3.63, 3.8) is 0 Å². The second-order valence-electron chi connectivity index (χ2n) is 8.78. The molecule has 29 heavy (non-hydrogen) atoms.